The van der Waals surface area contributed by atoms with Crippen LogP contribution in [0.4, 0.5) is 0 Å². The summed E-state index contributed by atoms with van der Waals surface area (Å²) in [5, 5.41) is 3.08. The topological polar surface area (TPSA) is 64.4 Å². The van der Waals surface area contributed by atoms with Gasteiger partial charge in [0.25, 0.3) is 0 Å². The predicted octanol–water partition coefficient (Wildman–Crippen LogP) is 2.64. The number of amides is 1. The van der Waals surface area contributed by atoms with E-state index < -0.39 is 0 Å². The van der Waals surface area contributed by atoms with Crippen LogP contribution in [0, 0.1) is 5.92 Å². The van der Waals surface area contributed by atoms with E-state index in [-0.39, 0.29) is 11.9 Å². The zero-order chi connectivity index (χ0) is 15.0. The monoisotopic (exact) mass is 278 g/mol. The molecule has 0 aliphatic heterocycles. The largest absolute Gasteiger partial charge is 0.497 e. The lowest BCUT2D eigenvalue weighted by atomic mass is 10.0. The lowest BCUT2D eigenvalue weighted by Gasteiger charge is -2.18. The van der Waals surface area contributed by atoms with Crippen LogP contribution in [0.3, 0.4) is 0 Å². The van der Waals surface area contributed by atoms with E-state index in [0.29, 0.717) is 18.9 Å². The molecule has 4 heteroatoms. The molecule has 0 bridgehead atoms. The van der Waals surface area contributed by atoms with Gasteiger partial charge in [0, 0.05) is 6.42 Å². The van der Waals surface area contributed by atoms with Crippen molar-refractivity contribution in [2.45, 2.75) is 39.2 Å². The molecule has 4 nitrogen and oxygen atoms in total. The zero-order valence-corrected chi connectivity index (χ0v) is 12.7. The van der Waals surface area contributed by atoms with Crippen molar-refractivity contribution in [2.75, 3.05) is 13.7 Å². The summed E-state index contributed by atoms with van der Waals surface area (Å²) in [6, 6.07) is 7.88. The molecular formula is C16H26N2O2. The predicted molar refractivity (Wildman–Crippen MR) is 81.6 cm³/mol. The van der Waals surface area contributed by atoms with Crippen molar-refractivity contribution in [3.63, 3.8) is 0 Å². The SMILES string of the molecule is CCC(NC(=O)CCC(C)CN)c1ccc(OC)cc1. The highest BCUT2D eigenvalue weighted by molar-refractivity contribution is 5.76. The van der Waals surface area contributed by atoms with Gasteiger partial charge >= 0.3 is 0 Å². The Morgan fingerprint density at radius 2 is 2.00 bits per heavy atom. The maximum Gasteiger partial charge on any atom is 0.220 e. The van der Waals surface area contributed by atoms with Crippen molar-refractivity contribution in [1.82, 2.24) is 5.32 Å². The summed E-state index contributed by atoms with van der Waals surface area (Å²) in [7, 11) is 1.65. The number of methoxy groups -OCH3 is 1. The van der Waals surface area contributed by atoms with Gasteiger partial charge in [-0.2, -0.15) is 0 Å². The first-order valence-electron chi connectivity index (χ1n) is 7.24. The third-order valence-electron chi connectivity index (χ3n) is 3.53. The van der Waals surface area contributed by atoms with E-state index in [1.165, 1.54) is 0 Å². The van der Waals surface area contributed by atoms with Gasteiger partial charge in [0.1, 0.15) is 5.75 Å². The van der Waals surface area contributed by atoms with Gasteiger partial charge in [-0.25, -0.2) is 0 Å². The maximum atomic E-state index is 12.0. The maximum absolute atomic E-state index is 12.0. The molecule has 3 N–H and O–H groups in total. The van der Waals surface area contributed by atoms with Crippen molar-refractivity contribution in [2.24, 2.45) is 11.7 Å². The molecule has 0 aliphatic rings. The van der Waals surface area contributed by atoms with E-state index >= 15 is 0 Å². The Balaban J connectivity index is 2.55. The Morgan fingerprint density at radius 1 is 1.35 bits per heavy atom. The minimum absolute atomic E-state index is 0.0570. The van der Waals surface area contributed by atoms with E-state index in [0.717, 1.165) is 24.2 Å². The minimum atomic E-state index is 0.0570. The molecule has 0 radical (unpaired) electrons. The molecule has 2 atom stereocenters. The van der Waals surface area contributed by atoms with Gasteiger partial charge in [-0.15, -0.1) is 0 Å². The molecule has 0 saturated carbocycles. The zero-order valence-electron chi connectivity index (χ0n) is 12.7. The summed E-state index contributed by atoms with van der Waals surface area (Å²) in [5.74, 6) is 1.31. The van der Waals surface area contributed by atoms with Gasteiger partial charge in [0.15, 0.2) is 0 Å². The fourth-order valence-corrected chi connectivity index (χ4v) is 2.02. The first-order chi connectivity index (χ1) is 9.60. The second kappa shape index (κ2) is 8.59. The van der Waals surface area contributed by atoms with Crippen molar-refractivity contribution < 1.29 is 9.53 Å². The lowest BCUT2D eigenvalue weighted by Crippen LogP contribution is -2.28. The van der Waals surface area contributed by atoms with E-state index in [4.69, 9.17) is 10.5 Å². The summed E-state index contributed by atoms with van der Waals surface area (Å²) in [6.45, 7) is 4.76. The molecule has 1 aromatic rings. The molecule has 0 heterocycles. The Bertz CT molecular complexity index is 403. The number of hydrogen-bond acceptors (Lipinski definition) is 3. The van der Waals surface area contributed by atoms with E-state index in [9.17, 15) is 4.79 Å². The van der Waals surface area contributed by atoms with Crippen LogP contribution < -0.4 is 15.8 Å². The highest BCUT2D eigenvalue weighted by atomic mass is 16.5. The number of carbonyl (C=O) groups is 1. The molecule has 2 unspecified atom stereocenters. The molecule has 1 amide bonds. The summed E-state index contributed by atoms with van der Waals surface area (Å²) in [6.07, 6.45) is 2.23. The van der Waals surface area contributed by atoms with Crippen molar-refractivity contribution in [3.8, 4) is 5.75 Å². The normalized spacial score (nSPS) is 13.6. The molecule has 112 valence electrons. The number of hydrogen-bond donors (Lipinski definition) is 2. The first-order valence-corrected chi connectivity index (χ1v) is 7.24. The highest BCUT2D eigenvalue weighted by Gasteiger charge is 2.13. The molecular weight excluding hydrogens is 252 g/mol. The Morgan fingerprint density at radius 3 is 2.50 bits per heavy atom. The molecule has 1 aromatic carbocycles. The van der Waals surface area contributed by atoms with Crippen molar-refractivity contribution >= 4 is 5.91 Å². The van der Waals surface area contributed by atoms with Crippen LogP contribution in [0.15, 0.2) is 24.3 Å². The fraction of sp³-hybridized carbons (Fsp3) is 0.562. The Kier molecular flexibility index (Phi) is 7.09. The summed E-state index contributed by atoms with van der Waals surface area (Å²) in [4.78, 5) is 12.0. The molecule has 0 fully saturated rings. The highest BCUT2D eigenvalue weighted by Crippen LogP contribution is 2.20. The summed E-state index contributed by atoms with van der Waals surface area (Å²) in [5.41, 5.74) is 6.67. The summed E-state index contributed by atoms with van der Waals surface area (Å²) < 4.78 is 5.14. The van der Waals surface area contributed by atoms with Crippen LogP contribution in [0.25, 0.3) is 0 Å². The van der Waals surface area contributed by atoms with E-state index in [2.05, 4.69) is 19.2 Å². The number of nitrogens with one attached hydrogen (secondary N) is 1. The summed E-state index contributed by atoms with van der Waals surface area (Å²) >= 11 is 0. The quantitative estimate of drug-likeness (QED) is 0.768. The van der Waals surface area contributed by atoms with Crippen molar-refractivity contribution in [1.29, 1.82) is 0 Å². The smallest absolute Gasteiger partial charge is 0.220 e. The van der Waals surface area contributed by atoms with Gasteiger partial charge in [-0.3, -0.25) is 4.79 Å². The number of nitrogens with two attached hydrogens (primary N) is 1. The minimum Gasteiger partial charge on any atom is -0.497 e. The average molecular weight is 278 g/mol. The van der Waals surface area contributed by atoms with Crippen LogP contribution in [0.1, 0.15) is 44.7 Å². The van der Waals surface area contributed by atoms with Crippen LogP contribution in [-0.4, -0.2) is 19.6 Å². The number of benzene rings is 1. The van der Waals surface area contributed by atoms with Crippen molar-refractivity contribution in [3.05, 3.63) is 29.8 Å². The van der Waals surface area contributed by atoms with Gasteiger partial charge < -0.3 is 15.8 Å². The van der Waals surface area contributed by atoms with E-state index in [1.54, 1.807) is 7.11 Å². The number of rotatable bonds is 8. The van der Waals surface area contributed by atoms with Crippen LogP contribution in [-0.2, 0) is 4.79 Å². The van der Waals surface area contributed by atoms with Crippen LogP contribution in [0.5, 0.6) is 5.75 Å². The van der Waals surface area contributed by atoms with Gasteiger partial charge in [-0.1, -0.05) is 26.0 Å². The molecule has 0 saturated heterocycles. The fourth-order valence-electron chi connectivity index (χ4n) is 2.02. The molecule has 20 heavy (non-hydrogen) atoms. The van der Waals surface area contributed by atoms with Crippen LogP contribution >= 0.6 is 0 Å². The van der Waals surface area contributed by atoms with Gasteiger partial charge in [0.2, 0.25) is 5.91 Å². The number of carbonyl (C=O) groups excluding carboxylic acids is 1. The molecule has 0 spiro atoms. The lowest BCUT2D eigenvalue weighted by molar-refractivity contribution is -0.122. The second-order valence-corrected chi connectivity index (χ2v) is 5.18. The number of ether oxygens (including phenoxy) is 1. The Labute approximate surface area is 121 Å². The third-order valence-corrected chi connectivity index (χ3v) is 3.53. The standard InChI is InChI=1S/C16H26N2O2/c1-4-15(13-6-8-14(20-3)9-7-13)18-16(19)10-5-12(2)11-17/h6-9,12,15H,4-5,10-11,17H2,1-3H3,(H,18,19). The molecule has 1 rings (SSSR count). The second-order valence-electron chi connectivity index (χ2n) is 5.18. The van der Waals surface area contributed by atoms with Crippen LogP contribution in [0.2, 0.25) is 0 Å². The first kappa shape index (κ1) is 16.5. The Hall–Kier alpha value is -1.55. The van der Waals surface area contributed by atoms with E-state index in [1.807, 2.05) is 24.3 Å². The molecule has 0 aliphatic carbocycles. The average Bonchev–Trinajstić information content (AvgIpc) is 2.50. The van der Waals surface area contributed by atoms with Gasteiger partial charge in [0.05, 0.1) is 13.2 Å². The molecule has 0 aromatic heterocycles. The van der Waals surface area contributed by atoms with Gasteiger partial charge in [-0.05, 0) is 43.0 Å². The third kappa shape index (κ3) is 5.21.